The van der Waals surface area contributed by atoms with E-state index < -0.39 is 102 Å². The first-order chi connectivity index (χ1) is 48.0. The van der Waals surface area contributed by atoms with Crippen LogP contribution in [0.25, 0.3) is 83.0 Å². The van der Waals surface area contributed by atoms with E-state index >= 15 is 0 Å². The first-order valence-corrected chi connectivity index (χ1v) is 23.2. The zero-order valence-electron chi connectivity index (χ0n) is 65.5. The number of hydrogen-bond acceptors (Lipinski definition) is 0. The summed E-state index contributed by atoms with van der Waals surface area (Å²) < 4.78 is 212. The SMILES string of the molecule is [2H]c1c([2H])c([2H])c(-n2c([2H])c([2H])c3c([2H])c([2H])c([2H])c([2H])c32)c([2H])c1[2H].[2H]c1c([2H])c([2H])c(-n2ccc3ccccc32)c([2H])c1[2H].[2H]c1cc2ccccc2n1-c1ccccc1.[2H]c1ccc2c(c1)c([2H])c([2H])n2-c1c([2H])c([2H])c([2H])c([2H])c1[2H].[2H]c1cn(-c2ccccc2)c2ccccc12. The van der Waals surface area contributed by atoms with Crippen LogP contribution in [0.3, 0.4) is 0 Å². The third-order valence-corrected chi connectivity index (χ3v) is 11.4. The van der Waals surface area contributed by atoms with Crippen molar-refractivity contribution < 1.29 is 35.6 Å². The molecule has 5 aromatic heterocycles. The predicted molar refractivity (Wildman–Crippen MR) is 316 cm³/mol. The van der Waals surface area contributed by atoms with Gasteiger partial charge in [-0.25, -0.2) is 0 Å². The lowest BCUT2D eigenvalue weighted by Crippen LogP contribution is -1.89. The molecule has 0 bridgehead atoms. The fourth-order valence-corrected chi connectivity index (χ4v) is 7.94. The number of nitrogens with zero attached hydrogens (tertiary/aromatic N) is 5. The molecule has 15 rings (SSSR count). The highest BCUT2D eigenvalue weighted by molar-refractivity contribution is 5.85. The Hall–Kier alpha value is -10.1. The molecule has 75 heavy (non-hydrogen) atoms. The van der Waals surface area contributed by atoms with Crippen molar-refractivity contribution in [2.24, 2.45) is 0 Å². The van der Waals surface area contributed by atoms with E-state index in [4.69, 9.17) is 35.6 Å². The van der Waals surface area contributed by atoms with Crippen LogP contribution in [0.4, 0.5) is 0 Å². The van der Waals surface area contributed by atoms with Crippen molar-refractivity contribution in [3.05, 3.63) is 334 Å². The molecule has 0 aliphatic heterocycles. The summed E-state index contributed by atoms with van der Waals surface area (Å²) in [6.45, 7) is 0. The number of para-hydroxylation sites is 10. The molecule has 0 unspecified atom stereocenters. The molecule has 0 spiro atoms. The molecule has 5 heterocycles. The number of benzene rings is 10. The minimum atomic E-state index is -0.644. The summed E-state index contributed by atoms with van der Waals surface area (Å²) in [6, 6.07) is 42.7. The van der Waals surface area contributed by atoms with Gasteiger partial charge in [-0.2, -0.15) is 0 Å². The molecule has 5 nitrogen and oxygen atoms in total. The summed E-state index contributed by atoms with van der Waals surface area (Å²) in [5.41, 5.74) is 4.77. The van der Waals surface area contributed by atoms with E-state index in [0.717, 1.165) is 53.2 Å². The largest absolute Gasteiger partial charge is 0.317 e. The molecule has 0 radical (unpaired) electrons. The Morgan fingerprint density at radius 3 is 1.23 bits per heavy atom. The molecule has 0 atom stereocenters. The van der Waals surface area contributed by atoms with E-state index in [9.17, 15) is 0 Å². The van der Waals surface area contributed by atoms with Crippen LogP contribution in [-0.4, -0.2) is 22.8 Å². The van der Waals surface area contributed by atoms with Gasteiger partial charge in [-0.15, -0.1) is 0 Å². The van der Waals surface area contributed by atoms with E-state index in [1.165, 1.54) is 18.2 Å². The monoisotopic (exact) mass is 992 g/mol. The number of hydrogen-bond donors (Lipinski definition) is 0. The summed E-state index contributed by atoms with van der Waals surface area (Å²) in [5, 5.41) is 3.14. The van der Waals surface area contributed by atoms with Gasteiger partial charge in [-0.3, -0.25) is 0 Å². The standard InChI is InChI=1S/5C14H11N/c5*1-2-7-13(8-3-1)15-11-10-12-6-4-5-9-14(12)15/h5*1-11H/i1D,2D,3D,4D,5D,6D,7D,8D,9D,10D,11D;1D,2D,3D,4D,7D,8D,10D,11D;1D,2D,3D,7D,8D;11D;10D. The van der Waals surface area contributed by atoms with Crippen molar-refractivity contribution in [2.75, 3.05) is 0 Å². The Bertz CT molecular complexity index is 5670. The Morgan fingerprint density at radius 2 is 0.600 bits per heavy atom. The molecule has 0 amide bonds. The van der Waals surface area contributed by atoms with Gasteiger partial charge in [0, 0.05) is 59.3 Å². The molecule has 0 saturated carbocycles. The molecule has 360 valence electrons. The molecule has 0 N–H and O–H groups in total. The molecule has 15 aromatic rings. The second kappa shape index (κ2) is 23.0. The highest BCUT2D eigenvalue weighted by Crippen LogP contribution is 2.24. The zero-order valence-corrected chi connectivity index (χ0v) is 39.5. The molecule has 5 heteroatoms. The molecule has 0 saturated heterocycles. The lowest BCUT2D eigenvalue weighted by Gasteiger charge is -2.04. The van der Waals surface area contributed by atoms with Crippen LogP contribution in [0.2, 0.25) is 0 Å². The van der Waals surface area contributed by atoms with E-state index in [1.807, 2.05) is 156 Å². The lowest BCUT2D eigenvalue weighted by atomic mass is 10.2. The second-order valence-electron chi connectivity index (χ2n) is 16.0. The Labute approximate surface area is 474 Å². The maximum absolute atomic E-state index is 8.13. The van der Waals surface area contributed by atoms with Crippen molar-refractivity contribution >= 4 is 54.5 Å². The van der Waals surface area contributed by atoms with Gasteiger partial charge in [-0.1, -0.05) is 182 Å². The average Bonchev–Trinajstić information content (AvgIpc) is 1.60. The smallest absolute Gasteiger partial charge is 0.0822 e. The van der Waals surface area contributed by atoms with Crippen molar-refractivity contribution in [3.8, 4) is 28.4 Å². The van der Waals surface area contributed by atoms with Crippen LogP contribution in [-0.2, 0) is 0 Å². The highest BCUT2D eigenvalue weighted by atomic mass is 15.0. The van der Waals surface area contributed by atoms with Gasteiger partial charge in [0.15, 0.2) is 0 Å². The molecule has 0 aliphatic rings. The van der Waals surface area contributed by atoms with Gasteiger partial charge in [0.05, 0.1) is 63.2 Å². The number of rotatable bonds is 5. The Kier molecular flexibility index (Phi) is 7.97. The van der Waals surface area contributed by atoms with Crippen LogP contribution in [0.1, 0.15) is 35.6 Å². The Morgan fingerprint density at radius 1 is 0.200 bits per heavy atom. The number of fused-ring (bicyclic) bond motifs is 5. The fraction of sp³-hybridized carbons (Fsp3) is 0. The van der Waals surface area contributed by atoms with Crippen LogP contribution in [0.5, 0.6) is 0 Å². The average molecular weight is 992 g/mol. The van der Waals surface area contributed by atoms with E-state index in [1.54, 1.807) is 10.8 Å². The van der Waals surface area contributed by atoms with Crippen LogP contribution >= 0.6 is 0 Å². The van der Waals surface area contributed by atoms with Crippen molar-refractivity contribution in [1.29, 1.82) is 0 Å². The third kappa shape index (κ3) is 10.9. The van der Waals surface area contributed by atoms with Gasteiger partial charge in [0.1, 0.15) is 0 Å². The zero-order chi connectivity index (χ0) is 73.1. The molecular formula is C70H55N5. The van der Waals surface area contributed by atoms with Gasteiger partial charge in [0.2, 0.25) is 0 Å². The maximum atomic E-state index is 8.13. The van der Waals surface area contributed by atoms with Crippen LogP contribution in [0.15, 0.2) is 334 Å². The molecular weight excluding hydrogens is 911 g/mol. The first-order valence-electron chi connectivity index (χ1n) is 36.2. The van der Waals surface area contributed by atoms with E-state index in [2.05, 4.69) is 4.57 Å². The quantitative estimate of drug-likeness (QED) is 0.164. The van der Waals surface area contributed by atoms with Crippen molar-refractivity contribution in [1.82, 2.24) is 22.8 Å². The van der Waals surface area contributed by atoms with Gasteiger partial charge >= 0.3 is 0 Å². The molecule has 10 aromatic carbocycles. The van der Waals surface area contributed by atoms with E-state index in [-0.39, 0.29) is 70.7 Å². The minimum Gasteiger partial charge on any atom is -0.317 e. The summed E-state index contributed by atoms with van der Waals surface area (Å²) in [7, 11) is 0. The summed E-state index contributed by atoms with van der Waals surface area (Å²) in [5.74, 6) is 0. The fourth-order valence-electron chi connectivity index (χ4n) is 7.94. The third-order valence-electron chi connectivity index (χ3n) is 11.4. The van der Waals surface area contributed by atoms with Crippen molar-refractivity contribution in [2.45, 2.75) is 0 Å². The van der Waals surface area contributed by atoms with Crippen LogP contribution < -0.4 is 0 Å². The van der Waals surface area contributed by atoms with Crippen molar-refractivity contribution in [3.63, 3.8) is 0 Å². The van der Waals surface area contributed by atoms with Gasteiger partial charge in [-0.05, 0) is 148 Å². The molecule has 0 fully saturated rings. The number of aromatic nitrogens is 5. The normalized spacial score (nSPS) is 15.5. The summed E-state index contributed by atoms with van der Waals surface area (Å²) in [4.78, 5) is 0. The van der Waals surface area contributed by atoms with E-state index in [0.29, 0.717) is 23.1 Å². The van der Waals surface area contributed by atoms with Crippen LogP contribution in [0, 0.1) is 0 Å². The van der Waals surface area contributed by atoms with Gasteiger partial charge in [0.25, 0.3) is 0 Å². The summed E-state index contributed by atoms with van der Waals surface area (Å²) >= 11 is 0. The second-order valence-corrected chi connectivity index (χ2v) is 16.0. The molecule has 0 aliphatic carbocycles. The minimum absolute atomic E-state index is 0.152. The van der Waals surface area contributed by atoms with Gasteiger partial charge < -0.3 is 22.8 Å². The maximum Gasteiger partial charge on any atom is 0.0822 e. The topological polar surface area (TPSA) is 24.6 Å². The Balaban J connectivity index is 0.000000128. The highest BCUT2D eigenvalue weighted by Gasteiger charge is 2.05. The predicted octanol–water partition coefficient (Wildman–Crippen LogP) is 18.2. The first kappa shape index (κ1) is 26.0. The lowest BCUT2D eigenvalue weighted by molar-refractivity contribution is 1.13. The summed E-state index contributed by atoms with van der Waals surface area (Å²) in [6.07, 6.45) is 3.22.